The fraction of sp³-hybridized carbons (Fsp3) is 0.357. The van der Waals surface area contributed by atoms with E-state index >= 15 is 0 Å². The molecule has 0 spiro atoms. The van der Waals surface area contributed by atoms with E-state index < -0.39 is 0 Å². The zero-order valence-electron chi connectivity index (χ0n) is 9.94. The van der Waals surface area contributed by atoms with Crippen LogP contribution < -0.4 is 5.32 Å². The summed E-state index contributed by atoms with van der Waals surface area (Å²) in [6, 6.07) is 6.56. The number of fused-ring (bicyclic) bond motifs is 5. The second-order valence-corrected chi connectivity index (χ2v) is 5.16. The molecule has 0 radical (unpaired) electrons. The maximum absolute atomic E-state index is 13.0. The molecule has 4 heteroatoms. The van der Waals surface area contributed by atoms with E-state index in [1.807, 2.05) is 10.9 Å². The van der Waals surface area contributed by atoms with E-state index in [1.165, 1.54) is 29.8 Å². The quantitative estimate of drug-likeness (QED) is 0.832. The van der Waals surface area contributed by atoms with Gasteiger partial charge in [-0.15, -0.1) is 0 Å². The van der Waals surface area contributed by atoms with Crippen molar-refractivity contribution >= 4 is 0 Å². The summed E-state index contributed by atoms with van der Waals surface area (Å²) < 4.78 is 15.0. The summed E-state index contributed by atoms with van der Waals surface area (Å²) in [6.45, 7) is 2.08. The highest BCUT2D eigenvalue weighted by atomic mass is 19.1. The molecule has 0 amide bonds. The Balaban J connectivity index is 1.84. The summed E-state index contributed by atoms with van der Waals surface area (Å²) in [7, 11) is 0. The van der Waals surface area contributed by atoms with Crippen LogP contribution in [0.5, 0.6) is 0 Å². The second kappa shape index (κ2) is 3.65. The van der Waals surface area contributed by atoms with Crippen molar-refractivity contribution in [2.75, 3.05) is 13.1 Å². The molecule has 2 bridgehead atoms. The summed E-state index contributed by atoms with van der Waals surface area (Å²) in [6.07, 6.45) is 3.21. The van der Waals surface area contributed by atoms with Gasteiger partial charge in [-0.1, -0.05) is 0 Å². The Kier molecular flexibility index (Phi) is 2.08. The number of nitrogens with one attached hydrogen (secondary N) is 1. The molecule has 1 N–H and O–H groups in total. The fourth-order valence-corrected chi connectivity index (χ4v) is 3.27. The molecule has 3 nitrogen and oxygen atoms in total. The van der Waals surface area contributed by atoms with Crippen LogP contribution in [0.3, 0.4) is 0 Å². The minimum absolute atomic E-state index is 0.206. The fourth-order valence-electron chi connectivity index (χ4n) is 3.27. The third-order valence-electron chi connectivity index (χ3n) is 4.08. The first-order valence-corrected chi connectivity index (χ1v) is 6.37. The lowest BCUT2D eigenvalue weighted by Gasteiger charge is -2.21. The van der Waals surface area contributed by atoms with Crippen LogP contribution in [0.2, 0.25) is 0 Å². The Morgan fingerprint density at radius 1 is 1.17 bits per heavy atom. The summed E-state index contributed by atoms with van der Waals surface area (Å²) in [5.41, 5.74) is 3.64. The van der Waals surface area contributed by atoms with E-state index in [9.17, 15) is 4.39 Å². The van der Waals surface area contributed by atoms with Gasteiger partial charge in [0.05, 0.1) is 17.6 Å². The number of hydrogen-bond donors (Lipinski definition) is 1. The summed E-state index contributed by atoms with van der Waals surface area (Å²) in [5.74, 6) is 0.946. The highest BCUT2D eigenvalue weighted by Crippen LogP contribution is 2.44. The molecule has 1 aliphatic heterocycles. The number of benzene rings is 1. The topological polar surface area (TPSA) is 29.9 Å². The Labute approximate surface area is 105 Å². The van der Waals surface area contributed by atoms with Crippen molar-refractivity contribution in [2.45, 2.75) is 18.3 Å². The second-order valence-electron chi connectivity index (χ2n) is 5.16. The van der Waals surface area contributed by atoms with Gasteiger partial charge in [-0.2, -0.15) is 5.10 Å². The van der Waals surface area contributed by atoms with E-state index in [-0.39, 0.29) is 5.82 Å². The summed E-state index contributed by atoms with van der Waals surface area (Å²) in [5, 5.41) is 7.95. The van der Waals surface area contributed by atoms with Crippen molar-refractivity contribution in [3.05, 3.63) is 47.5 Å². The summed E-state index contributed by atoms with van der Waals surface area (Å²) in [4.78, 5) is 0. The average molecular weight is 243 g/mol. The van der Waals surface area contributed by atoms with E-state index in [0.29, 0.717) is 11.8 Å². The molecule has 18 heavy (non-hydrogen) atoms. The minimum atomic E-state index is -0.206. The highest BCUT2D eigenvalue weighted by molar-refractivity contribution is 5.42. The molecule has 4 rings (SSSR count). The van der Waals surface area contributed by atoms with E-state index in [2.05, 4.69) is 10.4 Å². The van der Waals surface area contributed by atoms with Crippen molar-refractivity contribution < 1.29 is 4.39 Å². The van der Waals surface area contributed by atoms with E-state index in [4.69, 9.17) is 0 Å². The number of rotatable bonds is 1. The molecule has 0 saturated carbocycles. The van der Waals surface area contributed by atoms with Crippen molar-refractivity contribution in [1.82, 2.24) is 15.1 Å². The minimum Gasteiger partial charge on any atom is -0.315 e. The van der Waals surface area contributed by atoms with Crippen LogP contribution in [-0.2, 0) is 0 Å². The Hall–Kier alpha value is -1.68. The molecule has 2 heterocycles. The van der Waals surface area contributed by atoms with Crippen LogP contribution in [0.1, 0.15) is 29.5 Å². The van der Waals surface area contributed by atoms with Gasteiger partial charge < -0.3 is 5.32 Å². The number of piperidine rings is 1. The number of aromatic nitrogens is 2. The van der Waals surface area contributed by atoms with E-state index in [1.54, 1.807) is 12.1 Å². The van der Waals surface area contributed by atoms with Gasteiger partial charge in [0.1, 0.15) is 5.82 Å². The van der Waals surface area contributed by atoms with Gasteiger partial charge in [0.25, 0.3) is 0 Å². The number of halogens is 1. The smallest absolute Gasteiger partial charge is 0.123 e. The highest BCUT2D eigenvalue weighted by Gasteiger charge is 2.37. The lowest BCUT2D eigenvalue weighted by atomic mass is 9.98. The molecular formula is C14H14FN3. The van der Waals surface area contributed by atoms with Crippen molar-refractivity contribution in [3.8, 4) is 5.69 Å². The third-order valence-corrected chi connectivity index (χ3v) is 4.08. The summed E-state index contributed by atoms with van der Waals surface area (Å²) >= 11 is 0. The molecule has 1 aromatic heterocycles. The van der Waals surface area contributed by atoms with Gasteiger partial charge in [-0.05, 0) is 36.2 Å². The molecule has 1 saturated heterocycles. The molecular weight excluding hydrogens is 229 g/mol. The zero-order valence-corrected chi connectivity index (χ0v) is 9.94. The first-order valence-electron chi connectivity index (χ1n) is 6.37. The van der Waals surface area contributed by atoms with Crippen LogP contribution >= 0.6 is 0 Å². The number of hydrogen-bond acceptors (Lipinski definition) is 2. The third kappa shape index (κ3) is 1.35. The SMILES string of the molecule is Fc1ccc(-n2ncc3c2[C@@H]2CNCC3C2)cc1. The average Bonchev–Trinajstić information content (AvgIpc) is 2.93. The first kappa shape index (κ1) is 10.3. The normalized spacial score (nSPS) is 25.2. The van der Waals surface area contributed by atoms with Gasteiger partial charge in [0.15, 0.2) is 0 Å². The molecule has 2 aliphatic rings. The molecule has 1 aliphatic carbocycles. The van der Waals surface area contributed by atoms with Crippen molar-refractivity contribution in [3.63, 3.8) is 0 Å². The first-order chi connectivity index (χ1) is 8.83. The van der Waals surface area contributed by atoms with Crippen LogP contribution in [0.15, 0.2) is 30.5 Å². The van der Waals surface area contributed by atoms with Crippen LogP contribution in [-0.4, -0.2) is 22.9 Å². The Bertz CT molecular complexity index is 588. The van der Waals surface area contributed by atoms with Crippen molar-refractivity contribution in [2.24, 2.45) is 0 Å². The maximum Gasteiger partial charge on any atom is 0.123 e. The standard InChI is InChI=1S/C14H14FN3/c15-11-1-3-12(4-2-11)18-14-10-5-9(6-16-7-10)13(14)8-17-18/h1-4,8-10,16H,5-7H2/t9?,10-/m0/s1. The monoisotopic (exact) mass is 243 g/mol. The van der Waals surface area contributed by atoms with Crippen molar-refractivity contribution in [1.29, 1.82) is 0 Å². The Morgan fingerprint density at radius 3 is 2.78 bits per heavy atom. The van der Waals surface area contributed by atoms with Crippen LogP contribution in [0, 0.1) is 5.82 Å². The molecule has 2 atom stereocenters. The maximum atomic E-state index is 13.0. The largest absolute Gasteiger partial charge is 0.315 e. The Morgan fingerprint density at radius 2 is 1.94 bits per heavy atom. The van der Waals surface area contributed by atoms with Gasteiger partial charge >= 0.3 is 0 Å². The molecule has 92 valence electrons. The van der Waals surface area contributed by atoms with Crippen LogP contribution in [0.25, 0.3) is 5.69 Å². The van der Waals surface area contributed by atoms with Gasteiger partial charge in [-0.25, -0.2) is 9.07 Å². The molecule has 1 aromatic carbocycles. The molecule has 2 aromatic rings. The number of nitrogens with zero attached hydrogens (tertiary/aromatic N) is 2. The predicted molar refractivity (Wildman–Crippen MR) is 66.5 cm³/mol. The molecule has 1 unspecified atom stereocenters. The van der Waals surface area contributed by atoms with Gasteiger partial charge in [0.2, 0.25) is 0 Å². The van der Waals surface area contributed by atoms with Gasteiger partial charge in [-0.3, -0.25) is 0 Å². The predicted octanol–water partition coefficient (Wildman–Crippen LogP) is 2.19. The molecule has 1 fully saturated rings. The van der Waals surface area contributed by atoms with Gasteiger partial charge in [0, 0.05) is 24.9 Å². The lowest BCUT2D eigenvalue weighted by molar-refractivity contribution is 0.443. The lowest BCUT2D eigenvalue weighted by Crippen LogP contribution is -2.29. The van der Waals surface area contributed by atoms with Crippen LogP contribution in [0.4, 0.5) is 4.39 Å². The van der Waals surface area contributed by atoms with E-state index in [0.717, 1.165) is 18.8 Å². The zero-order chi connectivity index (χ0) is 12.1.